The van der Waals surface area contributed by atoms with Crippen LogP contribution in [0, 0.1) is 0 Å². The normalized spacial score (nSPS) is 10.5. The molecule has 0 aliphatic rings. The number of aromatic nitrogens is 2. The molecule has 2 N–H and O–H groups in total. The molecule has 0 unspecified atom stereocenters. The van der Waals surface area contributed by atoms with Gasteiger partial charge in [-0.15, -0.1) is 11.3 Å². The highest BCUT2D eigenvalue weighted by atomic mass is 32.1. The molecule has 1 amide bonds. The van der Waals surface area contributed by atoms with Crippen LogP contribution < -0.4 is 10.6 Å². The summed E-state index contributed by atoms with van der Waals surface area (Å²) in [5, 5.41) is 8.68. The van der Waals surface area contributed by atoms with Gasteiger partial charge >= 0.3 is 0 Å². The molecule has 0 aliphatic carbocycles. The average Bonchev–Trinajstić information content (AvgIpc) is 3.08. The van der Waals surface area contributed by atoms with Gasteiger partial charge in [-0.05, 0) is 42.7 Å². The number of amides is 1. The number of thiazole rings is 1. The van der Waals surface area contributed by atoms with Gasteiger partial charge in [0.1, 0.15) is 5.82 Å². The van der Waals surface area contributed by atoms with E-state index in [1.54, 1.807) is 6.20 Å². The number of unbranched alkanes of at least 4 members (excludes halogenated alkanes) is 1. The van der Waals surface area contributed by atoms with Crippen molar-refractivity contribution in [3.05, 3.63) is 65.3 Å². The third-order valence-electron chi connectivity index (χ3n) is 3.85. The summed E-state index contributed by atoms with van der Waals surface area (Å²) in [5.74, 6) is 0.669. The topological polar surface area (TPSA) is 66.9 Å². The van der Waals surface area contributed by atoms with Crippen LogP contribution in [0.5, 0.6) is 0 Å². The molecular weight excluding hydrogens is 344 g/mol. The van der Waals surface area contributed by atoms with Gasteiger partial charge in [-0.25, -0.2) is 9.97 Å². The minimum Gasteiger partial charge on any atom is -0.326 e. The van der Waals surface area contributed by atoms with E-state index in [4.69, 9.17) is 0 Å². The third kappa shape index (κ3) is 5.39. The van der Waals surface area contributed by atoms with Crippen LogP contribution in [0.15, 0.2) is 54.0 Å². The smallest absolute Gasteiger partial charge is 0.230 e. The largest absolute Gasteiger partial charge is 0.326 e. The van der Waals surface area contributed by atoms with Crippen LogP contribution in [0.2, 0.25) is 0 Å². The Hall–Kier alpha value is -2.73. The molecule has 0 fully saturated rings. The summed E-state index contributed by atoms with van der Waals surface area (Å²) in [6, 6.07) is 13.7. The maximum absolute atomic E-state index is 12.2. The van der Waals surface area contributed by atoms with Crippen molar-refractivity contribution in [2.75, 3.05) is 10.6 Å². The lowest BCUT2D eigenvalue weighted by atomic mass is 10.1. The molecule has 26 heavy (non-hydrogen) atoms. The van der Waals surface area contributed by atoms with E-state index < -0.39 is 0 Å². The lowest BCUT2D eigenvalue weighted by Crippen LogP contribution is -2.14. The van der Waals surface area contributed by atoms with E-state index in [1.165, 1.54) is 29.7 Å². The number of benzene rings is 1. The number of hydrogen-bond donors (Lipinski definition) is 2. The van der Waals surface area contributed by atoms with Crippen molar-refractivity contribution >= 4 is 33.9 Å². The summed E-state index contributed by atoms with van der Waals surface area (Å²) >= 11 is 1.46. The molecule has 0 radical (unpaired) electrons. The van der Waals surface area contributed by atoms with Gasteiger partial charge in [-0.1, -0.05) is 31.5 Å². The van der Waals surface area contributed by atoms with Gasteiger partial charge in [-0.2, -0.15) is 0 Å². The Morgan fingerprint density at radius 1 is 1.15 bits per heavy atom. The molecule has 3 aromatic rings. The minimum atomic E-state index is -0.0685. The molecule has 0 spiro atoms. The Balaban J connectivity index is 1.52. The second-order valence-corrected chi connectivity index (χ2v) is 6.87. The van der Waals surface area contributed by atoms with Crippen LogP contribution in [0.4, 0.5) is 16.6 Å². The van der Waals surface area contributed by atoms with E-state index in [0.29, 0.717) is 0 Å². The Kier molecular flexibility index (Phi) is 6.33. The summed E-state index contributed by atoms with van der Waals surface area (Å²) in [7, 11) is 0. The summed E-state index contributed by atoms with van der Waals surface area (Å²) in [6.45, 7) is 2.18. The van der Waals surface area contributed by atoms with Crippen molar-refractivity contribution in [1.82, 2.24) is 9.97 Å². The molecule has 0 saturated carbocycles. The molecule has 5 nitrogen and oxygen atoms in total. The highest BCUT2D eigenvalue weighted by molar-refractivity contribution is 7.13. The molecule has 0 saturated heterocycles. The Morgan fingerprint density at radius 2 is 2.00 bits per heavy atom. The first-order chi connectivity index (χ1) is 12.7. The number of pyridine rings is 1. The van der Waals surface area contributed by atoms with Crippen LogP contribution in [0.3, 0.4) is 0 Å². The standard InChI is InChI=1S/C20H22N4OS/c1-2-3-6-15-8-10-16(11-9-15)22-19(25)13-17-14-26-20(23-17)24-18-7-4-5-12-21-18/h4-5,7-12,14H,2-3,6,13H2,1H3,(H,22,25)(H,21,23,24). The number of nitrogens with one attached hydrogen (secondary N) is 2. The Bertz CT molecular complexity index is 831. The molecule has 0 aliphatic heterocycles. The Labute approximate surface area is 157 Å². The maximum atomic E-state index is 12.2. The summed E-state index contributed by atoms with van der Waals surface area (Å²) in [5.41, 5.74) is 2.86. The lowest BCUT2D eigenvalue weighted by Gasteiger charge is -2.06. The van der Waals surface area contributed by atoms with Crippen molar-refractivity contribution in [3.8, 4) is 0 Å². The first-order valence-electron chi connectivity index (χ1n) is 8.74. The average molecular weight is 366 g/mol. The lowest BCUT2D eigenvalue weighted by molar-refractivity contribution is -0.115. The summed E-state index contributed by atoms with van der Waals surface area (Å²) in [4.78, 5) is 20.9. The van der Waals surface area contributed by atoms with Gasteiger partial charge in [0.25, 0.3) is 0 Å². The molecule has 0 bridgehead atoms. The molecule has 2 heterocycles. The van der Waals surface area contributed by atoms with E-state index >= 15 is 0 Å². The minimum absolute atomic E-state index is 0.0685. The predicted octanol–water partition coefficient (Wildman–Crippen LogP) is 4.81. The zero-order valence-corrected chi connectivity index (χ0v) is 15.6. The molecular formula is C20H22N4OS. The van der Waals surface area contributed by atoms with Crippen molar-refractivity contribution in [3.63, 3.8) is 0 Å². The van der Waals surface area contributed by atoms with Gasteiger partial charge in [0, 0.05) is 17.3 Å². The van der Waals surface area contributed by atoms with E-state index in [1.807, 2.05) is 35.7 Å². The number of nitrogens with zero attached hydrogens (tertiary/aromatic N) is 2. The first kappa shape index (κ1) is 18.1. The number of carbonyl (C=O) groups excluding carboxylic acids is 1. The van der Waals surface area contributed by atoms with Gasteiger partial charge in [-0.3, -0.25) is 4.79 Å². The number of anilines is 3. The monoisotopic (exact) mass is 366 g/mol. The number of carbonyl (C=O) groups is 1. The van der Waals surface area contributed by atoms with Crippen LogP contribution in [0.1, 0.15) is 31.0 Å². The van der Waals surface area contributed by atoms with Crippen molar-refractivity contribution in [1.29, 1.82) is 0 Å². The SMILES string of the molecule is CCCCc1ccc(NC(=O)Cc2csc(Nc3ccccn3)n2)cc1. The predicted molar refractivity (Wildman–Crippen MR) is 107 cm³/mol. The van der Waals surface area contributed by atoms with E-state index in [0.717, 1.165) is 28.8 Å². The van der Waals surface area contributed by atoms with Crippen LogP contribution >= 0.6 is 11.3 Å². The van der Waals surface area contributed by atoms with Gasteiger partial charge in [0.05, 0.1) is 12.1 Å². The van der Waals surface area contributed by atoms with Gasteiger partial charge in [0.15, 0.2) is 5.13 Å². The van der Waals surface area contributed by atoms with Gasteiger partial charge in [0.2, 0.25) is 5.91 Å². The van der Waals surface area contributed by atoms with E-state index in [-0.39, 0.29) is 12.3 Å². The van der Waals surface area contributed by atoms with Gasteiger partial charge < -0.3 is 10.6 Å². The second kappa shape index (κ2) is 9.10. The maximum Gasteiger partial charge on any atom is 0.230 e. The quantitative estimate of drug-likeness (QED) is 0.601. The molecule has 1 aromatic carbocycles. The fraction of sp³-hybridized carbons (Fsp3) is 0.250. The highest BCUT2D eigenvalue weighted by Gasteiger charge is 2.09. The van der Waals surface area contributed by atoms with Crippen LogP contribution in [-0.4, -0.2) is 15.9 Å². The molecule has 0 atom stereocenters. The Morgan fingerprint density at radius 3 is 2.73 bits per heavy atom. The fourth-order valence-corrected chi connectivity index (χ4v) is 3.21. The van der Waals surface area contributed by atoms with Crippen LogP contribution in [-0.2, 0) is 17.6 Å². The number of aryl methyl sites for hydroxylation is 1. The number of hydrogen-bond acceptors (Lipinski definition) is 5. The summed E-state index contributed by atoms with van der Waals surface area (Å²) < 4.78 is 0. The van der Waals surface area contributed by atoms with Crippen molar-refractivity contribution in [2.45, 2.75) is 32.6 Å². The molecule has 2 aromatic heterocycles. The second-order valence-electron chi connectivity index (χ2n) is 6.01. The summed E-state index contributed by atoms with van der Waals surface area (Å²) in [6.07, 6.45) is 5.42. The fourth-order valence-electron chi connectivity index (χ4n) is 2.50. The zero-order valence-electron chi connectivity index (χ0n) is 14.7. The zero-order chi connectivity index (χ0) is 18.2. The highest BCUT2D eigenvalue weighted by Crippen LogP contribution is 2.20. The van der Waals surface area contributed by atoms with Crippen molar-refractivity contribution < 1.29 is 4.79 Å². The third-order valence-corrected chi connectivity index (χ3v) is 4.66. The molecule has 134 valence electrons. The number of rotatable bonds is 8. The first-order valence-corrected chi connectivity index (χ1v) is 9.62. The van der Waals surface area contributed by atoms with E-state index in [9.17, 15) is 4.79 Å². The van der Waals surface area contributed by atoms with Crippen LogP contribution in [0.25, 0.3) is 0 Å². The van der Waals surface area contributed by atoms with Crippen molar-refractivity contribution in [2.24, 2.45) is 0 Å². The molecule has 6 heteroatoms. The van der Waals surface area contributed by atoms with E-state index in [2.05, 4.69) is 39.7 Å². The molecule has 3 rings (SSSR count).